The maximum Gasteiger partial charge on any atom is 0.340 e. The molecule has 0 saturated heterocycles. The second-order valence-corrected chi connectivity index (χ2v) is 12.8. The summed E-state index contributed by atoms with van der Waals surface area (Å²) in [6, 6.07) is 16.6. The van der Waals surface area contributed by atoms with E-state index in [9.17, 15) is 44.4 Å². The number of carbonyl (C=O) groups excluding carboxylic acids is 3. The van der Waals surface area contributed by atoms with Gasteiger partial charge in [0.1, 0.15) is 34.8 Å². The lowest BCUT2D eigenvalue weighted by Gasteiger charge is -2.40. The van der Waals surface area contributed by atoms with Crippen LogP contribution in [0, 0.1) is 0 Å². The molecule has 52 heavy (non-hydrogen) atoms. The Bertz CT molecular complexity index is 2300. The van der Waals surface area contributed by atoms with E-state index in [4.69, 9.17) is 15.2 Å². The van der Waals surface area contributed by atoms with Gasteiger partial charge in [-0.25, -0.2) is 9.59 Å². The van der Waals surface area contributed by atoms with E-state index >= 15 is 0 Å². The third-order valence-electron chi connectivity index (χ3n) is 9.88. The van der Waals surface area contributed by atoms with Gasteiger partial charge in [-0.2, -0.15) is 0 Å². The molecule has 14 heteroatoms. The van der Waals surface area contributed by atoms with E-state index in [-0.39, 0.29) is 58.0 Å². The Morgan fingerprint density at radius 3 is 2.21 bits per heavy atom. The number of H-pyrrole nitrogens is 1. The van der Waals surface area contributed by atoms with Crippen LogP contribution in [0.15, 0.2) is 79.0 Å². The SMILES string of the molecule is CN(C(=O)[C@@H](N)Cc1c[nH]c2ccccc12)[C@](C=O)(CCC(=O)O)c1c(C(=O)O)ccc2c1C(=O)OC21c2ccc(O)cc2Oc2cc(O)ccc21. The fraction of sp³-hybridized carbons (Fsp3) is 0.184. The number of aromatic amines is 1. The molecule has 0 radical (unpaired) electrons. The quantitative estimate of drug-likeness (QED) is 0.0890. The number of hydrogen-bond acceptors (Lipinski definition) is 10. The van der Waals surface area contributed by atoms with Gasteiger partial charge in [-0.1, -0.05) is 24.3 Å². The van der Waals surface area contributed by atoms with Gasteiger partial charge in [0.15, 0.2) is 5.60 Å². The minimum atomic E-state index is -2.36. The molecule has 1 aromatic heterocycles. The number of rotatable bonds is 10. The lowest BCUT2D eigenvalue weighted by atomic mass is 9.73. The lowest BCUT2D eigenvalue weighted by Crippen LogP contribution is -2.55. The van der Waals surface area contributed by atoms with Crippen LogP contribution in [-0.4, -0.2) is 73.5 Å². The molecule has 2 aliphatic rings. The van der Waals surface area contributed by atoms with Crippen molar-refractivity contribution in [3.05, 3.63) is 118 Å². The maximum atomic E-state index is 14.3. The zero-order valence-corrected chi connectivity index (χ0v) is 27.5. The number of nitrogens with two attached hydrogens (primary N) is 1. The molecular weight excluding hydrogens is 674 g/mol. The molecule has 0 unspecified atom stereocenters. The summed E-state index contributed by atoms with van der Waals surface area (Å²) >= 11 is 0. The van der Waals surface area contributed by atoms with Crippen LogP contribution >= 0.6 is 0 Å². The molecular formula is C38H31N3O11. The van der Waals surface area contributed by atoms with Crippen molar-refractivity contribution in [1.82, 2.24) is 9.88 Å². The maximum absolute atomic E-state index is 14.3. The van der Waals surface area contributed by atoms with Crippen LogP contribution in [0.2, 0.25) is 0 Å². The first-order valence-electron chi connectivity index (χ1n) is 16.1. The lowest BCUT2D eigenvalue weighted by molar-refractivity contribution is -0.145. The first-order chi connectivity index (χ1) is 24.8. The van der Waals surface area contributed by atoms with E-state index in [0.717, 1.165) is 21.9 Å². The molecule has 0 fully saturated rings. The molecule has 1 amide bonds. The van der Waals surface area contributed by atoms with Gasteiger partial charge in [0.2, 0.25) is 5.91 Å². The number of aromatic nitrogens is 1. The van der Waals surface area contributed by atoms with E-state index in [1.807, 2.05) is 24.3 Å². The van der Waals surface area contributed by atoms with Gasteiger partial charge in [-0.3, -0.25) is 9.59 Å². The first kappa shape index (κ1) is 33.8. The third kappa shape index (κ3) is 5.02. The molecule has 0 bridgehead atoms. The largest absolute Gasteiger partial charge is 0.508 e. The third-order valence-corrected chi connectivity index (χ3v) is 9.88. The summed E-state index contributed by atoms with van der Waals surface area (Å²) in [6.45, 7) is 0. The van der Waals surface area contributed by atoms with E-state index in [2.05, 4.69) is 4.98 Å². The number of amides is 1. The van der Waals surface area contributed by atoms with Crippen molar-refractivity contribution in [1.29, 1.82) is 0 Å². The average molecular weight is 706 g/mol. The predicted octanol–water partition coefficient (Wildman–Crippen LogP) is 4.13. The van der Waals surface area contributed by atoms with Gasteiger partial charge in [-0.05, 0) is 54.8 Å². The zero-order valence-electron chi connectivity index (χ0n) is 27.5. The predicted molar refractivity (Wildman–Crippen MR) is 182 cm³/mol. The number of aldehydes is 1. The van der Waals surface area contributed by atoms with Crippen LogP contribution in [0.5, 0.6) is 23.0 Å². The van der Waals surface area contributed by atoms with Crippen LogP contribution in [0.3, 0.4) is 0 Å². The van der Waals surface area contributed by atoms with Crippen molar-refractivity contribution >= 4 is 41.0 Å². The first-order valence-corrected chi connectivity index (χ1v) is 16.1. The number of carbonyl (C=O) groups is 5. The van der Waals surface area contributed by atoms with Crippen LogP contribution in [-0.2, 0) is 36.7 Å². The van der Waals surface area contributed by atoms with Crippen molar-refractivity contribution in [3.63, 3.8) is 0 Å². The number of nitrogens with zero attached hydrogens (tertiary/aromatic N) is 1. The Hall–Kier alpha value is -6.67. The number of aliphatic carboxylic acids is 1. The molecule has 2 aliphatic heterocycles. The minimum Gasteiger partial charge on any atom is -0.508 e. The standard InChI is InChI=1S/C38H31N3O11/c1-41(34(47)27(39)14-19-17-40-28-5-3-2-4-22(19)28)37(18-42,13-12-31(45)46)33-23(35(48)49)8-11-26-32(33)36(50)52-38(26)24-9-6-20(43)15-29(24)51-30-16-21(44)7-10-25(30)38/h2-11,15-18,27,40,43-44H,12-14,39H2,1H3,(H,45,46)(H,48,49)/t27-,37-/m0/s1. The van der Waals surface area contributed by atoms with Crippen molar-refractivity contribution in [2.24, 2.45) is 5.73 Å². The highest BCUT2D eigenvalue weighted by Gasteiger charge is 2.57. The number of carboxylic acids is 2. The van der Waals surface area contributed by atoms with E-state index in [1.165, 1.54) is 49.5 Å². The second kappa shape index (κ2) is 12.3. The molecule has 4 aromatic carbocycles. The smallest absolute Gasteiger partial charge is 0.340 e. The molecule has 14 nitrogen and oxygen atoms in total. The Labute approximate surface area is 294 Å². The van der Waals surface area contributed by atoms with Crippen molar-refractivity contribution in [2.75, 3.05) is 7.05 Å². The van der Waals surface area contributed by atoms with E-state index in [0.29, 0.717) is 5.56 Å². The summed E-state index contributed by atoms with van der Waals surface area (Å²) in [6.07, 6.45) is 0.602. The van der Waals surface area contributed by atoms with Gasteiger partial charge in [0.25, 0.3) is 0 Å². The number of phenolic OH excluding ortho intramolecular Hbond substituents is 2. The molecule has 7 N–H and O–H groups in total. The van der Waals surface area contributed by atoms with E-state index in [1.54, 1.807) is 6.20 Å². The summed E-state index contributed by atoms with van der Waals surface area (Å²) in [7, 11) is 1.21. The van der Waals surface area contributed by atoms with Gasteiger partial charge in [0.05, 0.1) is 17.2 Å². The number of nitrogens with one attached hydrogen (secondary N) is 1. The number of aromatic carboxylic acids is 1. The fourth-order valence-electron chi connectivity index (χ4n) is 7.44. The van der Waals surface area contributed by atoms with Gasteiger partial charge in [0, 0.05) is 65.0 Å². The summed E-state index contributed by atoms with van der Waals surface area (Å²) in [5, 5.41) is 41.7. The molecule has 5 aromatic rings. The van der Waals surface area contributed by atoms with Gasteiger partial charge in [-0.15, -0.1) is 0 Å². The highest BCUT2D eigenvalue weighted by molar-refractivity contribution is 6.05. The number of ether oxygens (including phenoxy) is 2. The topological polar surface area (TPSA) is 230 Å². The molecule has 2 atom stereocenters. The van der Waals surface area contributed by atoms with Gasteiger partial charge >= 0.3 is 17.9 Å². The molecule has 0 saturated carbocycles. The average Bonchev–Trinajstić information content (AvgIpc) is 3.66. The highest BCUT2D eigenvalue weighted by Crippen LogP contribution is 2.58. The second-order valence-electron chi connectivity index (χ2n) is 12.8. The van der Waals surface area contributed by atoms with Crippen LogP contribution in [0.4, 0.5) is 0 Å². The molecule has 3 heterocycles. The Kier molecular flexibility index (Phi) is 7.98. The Morgan fingerprint density at radius 1 is 0.962 bits per heavy atom. The summed E-state index contributed by atoms with van der Waals surface area (Å²) in [4.78, 5) is 71.1. The number of carboxylic acid groups (broad SMARTS) is 2. The normalized spacial score (nSPS) is 15.4. The molecule has 0 aliphatic carbocycles. The number of fused-ring (bicyclic) bond motifs is 7. The molecule has 7 rings (SSSR count). The monoisotopic (exact) mass is 705 g/mol. The number of para-hydroxylation sites is 1. The van der Waals surface area contributed by atoms with Crippen LogP contribution in [0.25, 0.3) is 10.9 Å². The van der Waals surface area contributed by atoms with Crippen molar-refractivity contribution in [3.8, 4) is 23.0 Å². The van der Waals surface area contributed by atoms with Crippen molar-refractivity contribution in [2.45, 2.75) is 36.4 Å². The Balaban J connectivity index is 1.45. The van der Waals surface area contributed by atoms with Crippen LogP contribution in [0.1, 0.15) is 61.4 Å². The van der Waals surface area contributed by atoms with Crippen LogP contribution < -0.4 is 10.5 Å². The van der Waals surface area contributed by atoms with Gasteiger partial charge < -0.3 is 50.3 Å². The fourth-order valence-corrected chi connectivity index (χ4v) is 7.44. The molecule has 1 spiro atoms. The summed E-state index contributed by atoms with van der Waals surface area (Å²) < 4.78 is 12.2. The summed E-state index contributed by atoms with van der Waals surface area (Å²) in [5.41, 5.74) is 2.81. The van der Waals surface area contributed by atoms with Crippen molar-refractivity contribution < 1.29 is 53.9 Å². The number of esters is 1. The van der Waals surface area contributed by atoms with E-state index < -0.39 is 65.0 Å². The number of hydrogen-bond donors (Lipinski definition) is 6. The number of benzene rings is 4. The molecule has 264 valence electrons. The number of phenols is 2. The number of likely N-dealkylation sites (N-methyl/N-ethyl adjacent to an activating group) is 1. The summed E-state index contributed by atoms with van der Waals surface area (Å²) in [5.74, 6) is -5.13. The Morgan fingerprint density at radius 2 is 1.60 bits per heavy atom. The highest BCUT2D eigenvalue weighted by atomic mass is 16.6. The number of aromatic hydroxyl groups is 2. The minimum absolute atomic E-state index is 0.00183. The zero-order chi connectivity index (χ0) is 37.1.